The summed E-state index contributed by atoms with van der Waals surface area (Å²) in [5.74, 6) is 0.601. The van der Waals surface area contributed by atoms with Gasteiger partial charge >= 0.3 is 12.1 Å². The molecule has 1 N–H and O–H groups in total. The molecule has 12 heteroatoms. The van der Waals surface area contributed by atoms with Gasteiger partial charge in [0.2, 0.25) is 5.88 Å². The average molecular weight is 479 g/mol. The van der Waals surface area contributed by atoms with Crippen molar-refractivity contribution in [1.29, 1.82) is 0 Å². The van der Waals surface area contributed by atoms with Crippen LogP contribution in [0, 0.1) is 0 Å². The lowest BCUT2D eigenvalue weighted by molar-refractivity contribution is -0.192. The van der Waals surface area contributed by atoms with Crippen molar-refractivity contribution in [2.45, 2.75) is 32.3 Å². The Morgan fingerprint density at radius 2 is 1.82 bits per heavy atom. The van der Waals surface area contributed by atoms with E-state index in [1.54, 1.807) is 13.3 Å². The highest BCUT2D eigenvalue weighted by Crippen LogP contribution is 2.16. The molecule has 3 aromatic rings. The third-order valence-electron chi connectivity index (χ3n) is 4.99. The Balaban J connectivity index is 0.000000406. The lowest BCUT2D eigenvalue weighted by Crippen LogP contribution is -2.26. The molecule has 34 heavy (non-hydrogen) atoms. The lowest BCUT2D eigenvalue weighted by atomic mass is 10.2. The number of hydrogen-bond donors (Lipinski definition) is 1. The van der Waals surface area contributed by atoms with E-state index in [2.05, 4.69) is 36.8 Å². The second kappa shape index (κ2) is 11.5. The quantitative estimate of drug-likeness (QED) is 0.576. The van der Waals surface area contributed by atoms with E-state index in [1.165, 1.54) is 5.56 Å². The number of carboxylic acids is 1. The smallest absolute Gasteiger partial charge is 0.490 e. The van der Waals surface area contributed by atoms with Crippen LogP contribution in [-0.4, -0.2) is 62.1 Å². The van der Waals surface area contributed by atoms with E-state index in [9.17, 15) is 13.2 Å². The van der Waals surface area contributed by atoms with Gasteiger partial charge in [-0.15, -0.1) is 10.2 Å². The van der Waals surface area contributed by atoms with Crippen LogP contribution in [0.15, 0.2) is 48.7 Å². The first kappa shape index (κ1) is 25.0. The maximum Gasteiger partial charge on any atom is 0.490 e. The van der Waals surface area contributed by atoms with Crippen LogP contribution in [0.25, 0.3) is 0 Å². The van der Waals surface area contributed by atoms with Crippen LogP contribution >= 0.6 is 0 Å². The molecule has 1 aliphatic heterocycles. The normalized spacial score (nSPS) is 13.8. The summed E-state index contributed by atoms with van der Waals surface area (Å²) in [5.41, 5.74) is 1.28. The molecule has 0 atom stereocenters. The number of fused-ring (bicyclic) bond motifs is 1. The third-order valence-corrected chi connectivity index (χ3v) is 4.99. The Kier molecular flexibility index (Phi) is 8.41. The maximum atomic E-state index is 10.6. The van der Waals surface area contributed by atoms with Crippen molar-refractivity contribution >= 4 is 5.97 Å². The first-order valence-electron chi connectivity index (χ1n) is 10.4. The molecule has 182 valence electrons. The van der Waals surface area contributed by atoms with Crippen LogP contribution in [0.5, 0.6) is 11.6 Å². The van der Waals surface area contributed by atoms with Gasteiger partial charge in [-0.25, -0.2) is 9.78 Å². The molecule has 3 heterocycles. The molecule has 0 unspecified atom stereocenters. The minimum Gasteiger partial charge on any atom is -0.497 e. The molecule has 1 aromatic carbocycles. The Morgan fingerprint density at radius 1 is 1.09 bits per heavy atom. The van der Waals surface area contributed by atoms with Crippen LogP contribution < -0.4 is 9.47 Å². The first-order chi connectivity index (χ1) is 16.3. The Labute approximate surface area is 193 Å². The number of aliphatic carboxylic acids is 1. The van der Waals surface area contributed by atoms with E-state index in [0.29, 0.717) is 12.5 Å². The number of halogens is 3. The van der Waals surface area contributed by atoms with Crippen molar-refractivity contribution in [2.75, 3.05) is 20.2 Å². The molecule has 0 saturated heterocycles. The van der Waals surface area contributed by atoms with Crippen molar-refractivity contribution in [3.05, 3.63) is 65.9 Å². The molecular weight excluding hydrogens is 455 g/mol. The number of carboxylic acid groups (broad SMARTS) is 1. The molecule has 2 aromatic heterocycles. The van der Waals surface area contributed by atoms with Crippen LogP contribution in [0.3, 0.4) is 0 Å². The molecule has 9 nitrogen and oxygen atoms in total. The zero-order chi connectivity index (χ0) is 24.6. The minimum absolute atomic E-state index is 0.377. The van der Waals surface area contributed by atoms with Gasteiger partial charge in [0.15, 0.2) is 5.82 Å². The number of carbonyl (C=O) groups is 1. The molecule has 4 rings (SSSR count). The maximum absolute atomic E-state index is 10.6. The predicted octanol–water partition coefficient (Wildman–Crippen LogP) is 2.95. The second-order valence-corrected chi connectivity index (χ2v) is 7.32. The van der Waals surface area contributed by atoms with E-state index in [0.717, 1.165) is 50.0 Å². The van der Waals surface area contributed by atoms with E-state index < -0.39 is 12.1 Å². The topological polar surface area (TPSA) is 103 Å². The Hall–Kier alpha value is -3.67. The van der Waals surface area contributed by atoms with E-state index in [4.69, 9.17) is 19.4 Å². The number of rotatable bonds is 6. The van der Waals surface area contributed by atoms with Gasteiger partial charge in [-0.05, 0) is 23.8 Å². The van der Waals surface area contributed by atoms with E-state index in [-0.39, 0.29) is 0 Å². The molecule has 0 amide bonds. The highest BCUT2D eigenvalue weighted by Gasteiger charge is 2.38. The van der Waals surface area contributed by atoms with Crippen LogP contribution in [-0.2, 0) is 30.9 Å². The lowest BCUT2D eigenvalue weighted by Gasteiger charge is -2.19. The number of alkyl halides is 3. The highest BCUT2D eigenvalue weighted by atomic mass is 19.4. The van der Waals surface area contributed by atoms with Crippen LogP contribution in [0.4, 0.5) is 13.2 Å². The fourth-order valence-corrected chi connectivity index (χ4v) is 3.25. The zero-order valence-corrected chi connectivity index (χ0v) is 18.4. The largest absolute Gasteiger partial charge is 0.497 e. The molecule has 0 saturated carbocycles. The van der Waals surface area contributed by atoms with Crippen molar-refractivity contribution in [1.82, 2.24) is 24.6 Å². The highest BCUT2D eigenvalue weighted by molar-refractivity contribution is 5.73. The molecular formula is C22H24F3N5O4. The summed E-state index contributed by atoms with van der Waals surface area (Å²) >= 11 is 0. The summed E-state index contributed by atoms with van der Waals surface area (Å²) < 4.78 is 44.9. The molecule has 0 fully saturated rings. The van der Waals surface area contributed by atoms with Gasteiger partial charge < -0.3 is 19.1 Å². The molecule has 0 spiro atoms. The average Bonchev–Trinajstić information content (AvgIpc) is 3.11. The number of pyridine rings is 1. The van der Waals surface area contributed by atoms with Gasteiger partial charge in [0.1, 0.15) is 18.2 Å². The number of nitrogens with zero attached hydrogens (tertiary/aromatic N) is 5. The van der Waals surface area contributed by atoms with Crippen molar-refractivity contribution < 1.29 is 32.5 Å². The number of aromatic nitrogens is 4. The van der Waals surface area contributed by atoms with Crippen molar-refractivity contribution in [2.24, 2.45) is 0 Å². The Morgan fingerprint density at radius 3 is 2.44 bits per heavy atom. The summed E-state index contributed by atoms with van der Waals surface area (Å²) in [5, 5.41) is 15.8. The van der Waals surface area contributed by atoms with Crippen LogP contribution in [0.2, 0.25) is 0 Å². The van der Waals surface area contributed by atoms with E-state index >= 15 is 0 Å². The molecule has 1 aliphatic rings. The monoisotopic (exact) mass is 479 g/mol. The molecule has 0 bridgehead atoms. The SMILES string of the molecule is COc1ccc(CN2CCc3nnc(COc4ccccn4)n3CC2)cc1.O=C(O)C(F)(F)F. The van der Waals surface area contributed by atoms with Crippen LogP contribution in [0.1, 0.15) is 17.2 Å². The summed E-state index contributed by atoms with van der Waals surface area (Å²) in [4.78, 5) is 15.5. The second-order valence-electron chi connectivity index (χ2n) is 7.32. The minimum atomic E-state index is -5.08. The number of methoxy groups -OCH3 is 1. The fraction of sp³-hybridized carbons (Fsp3) is 0.364. The van der Waals surface area contributed by atoms with E-state index in [1.807, 2.05) is 30.3 Å². The van der Waals surface area contributed by atoms with Gasteiger partial charge in [-0.3, -0.25) is 4.90 Å². The zero-order valence-electron chi connectivity index (χ0n) is 18.4. The predicted molar refractivity (Wildman–Crippen MR) is 114 cm³/mol. The van der Waals surface area contributed by atoms with Gasteiger partial charge in [0.05, 0.1) is 7.11 Å². The number of ether oxygens (including phenoxy) is 2. The summed E-state index contributed by atoms with van der Waals surface area (Å²) in [6.45, 7) is 4.07. The van der Waals surface area contributed by atoms with Gasteiger partial charge in [-0.1, -0.05) is 18.2 Å². The third kappa shape index (κ3) is 7.17. The number of hydrogen-bond acceptors (Lipinski definition) is 7. The van der Waals surface area contributed by atoms with Gasteiger partial charge in [0, 0.05) is 44.9 Å². The summed E-state index contributed by atoms with van der Waals surface area (Å²) in [7, 11) is 1.69. The fourth-order valence-electron chi connectivity index (χ4n) is 3.25. The Bertz CT molecular complexity index is 1060. The van der Waals surface area contributed by atoms with Crippen molar-refractivity contribution in [3.63, 3.8) is 0 Å². The van der Waals surface area contributed by atoms with Gasteiger partial charge in [-0.2, -0.15) is 13.2 Å². The standard InChI is InChI=1S/C20H23N5O2.C2HF3O2/c1-26-17-7-5-16(6-8-17)14-24-11-9-18-22-23-19(25(18)13-12-24)15-27-20-4-2-3-10-21-20;3-2(4,5)1(6)7/h2-8,10H,9,11-15H2,1H3;(H,6,7). The number of benzene rings is 1. The summed E-state index contributed by atoms with van der Waals surface area (Å²) in [6, 6.07) is 13.9. The van der Waals surface area contributed by atoms with Crippen molar-refractivity contribution in [3.8, 4) is 11.6 Å². The summed E-state index contributed by atoms with van der Waals surface area (Å²) in [6.07, 6.45) is -2.48. The molecule has 0 radical (unpaired) electrons. The van der Waals surface area contributed by atoms with Gasteiger partial charge in [0.25, 0.3) is 0 Å². The molecule has 0 aliphatic carbocycles. The first-order valence-corrected chi connectivity index (χ1v) is 10.4.